The van der Waals surface area contributed by atoms with Crippen LogP contribution in [0.5, 0.6) is 0 Å². The topological polar surface area (TPSA) is 83.3 Å². The summed E-state index contributed by atoms with van der Waals surface area (Å²) in [5.74, 6) is -0.203. The number of rotatable bonds is 3. The van der Waals surface area contributed by atoms with Crippen LogP contribution in [0.4, 0.5) is 10.1 Å². The lowest BCUT2D eigenvalue weighted by Gasteiger charge is -2.13. The van der Waals surface area contributed by atoms with Crippen LogP contribution in [0, 0.1) is 13.8 Å². The zero-order valence-corrected chi connectivity index (χ0v) is 15.8. The summed E-state index contributed by atoms with van der Waals surface area (Å²) in [6.45, 7) is 3.58. The van der Waals surface area contributed by atoms with Crippen molar-refractivity contribution in [2.75, 3.05) is 5.32 Å². The molecule has 7 heteroatoms. The predicted molar refractivity (Wildman–Crippen MR) is 109 cm³/mol. The molecule has 29 heavy (non-hydrogen) atoms. The number of carbonyl (C=O) groups excluding carboxylic acids is 1. The monoisotopic (exact) mass is 388 g/mol. The second kappa shape index (κ2) is 6.41. The molecule has 1 amide bonds. The normalized spacial score (nSPS) is 12.9. The van der Waals surface area contributed by atoms with E-state index >= 15 is 0 Å². The molecule has 0 unspecified atom stereocenters. The number of carbonyl (C=O) groups is 1. The van der Waals surface area contributed by atoms with E-state index < -0.39 is 11.9 Å². The molecule has 0 saturated heterocycles. The van der Waals surface area contributed by atoms with Crippen molar-refractivity contribution in [2.24, 2.45) is 4.99 Å². The van der Waals surface area contributed by atoms with Gasteiger partial charge < -0.3 is 14.7 Å². The van der Waals surface area contributed by atoms with E-state index in [4.69, 9.17) is 4.42 Å². The largest absolute Gasteiger partial charge is 0.445 e. The van der Waals surface area contributed by atoms with Crippen LogP contribution in [0.15, 0.2) is 52.0 Å². The number of halogens is 1. The number of anilines is 1. The molecule has 5 rings (SSSR count). The smallest absolute Gasteiger partial charge is 0.277 e. The number of nitrogens with one attached hydrogen (secondary N) is 2. The average Bonchev–Trinajstić information content (AvgIpc) is 3.40. The predicted octanol–water partition coefficient (Wildman–Crippen LogP) is 4.92. The van der Waals surface area contributed by atoms with E-state index in [1.54, 1.807) is 19.9 Å². The molecule has 3 heterocycles. The van der Waals surface area contributed by atoms with Crippen molar-refractivity contribution < 1.29 is 13.6 Å². The third-order valence-electron chi connectivity index (χ3n) is 5.09. The average molecular weight is 388 g/mol. The van der Waals surface area contributed by atoms with Gasteiger partial charge in [0.25, 0.3) is 5.91 Å². The zero-order chi connectivity index (χ0) is 20.1. The molecule has 0 fully saturated rings. The van der Waals surface area contributed by atoms with Crippen molar-refractivity contribution in [3.8, 4) is 11.1 Å². The Morgan fingerprint density at radius 1 is 1.24 bits per heavy atom. The molecule has 2 N–H and O–H groups in total. The van der Waals surface area contributed by atoms with Gasteiger partial charge in [-0.05, 0) is 47.9 Å². The Hall–Kier alpha value is -3.74. The Morgan fingerprint density at radius 3 is 2.90 bits per heavy atom. The molecule has 6 nitrogen and oxygen atoms in total. The van der Waals surface area contributed by atoms with Gasteiger partial charge in [-0.25, -0.2) is 4.98 Å². The van der Waals surface area contributed by atoms with Crippen molar-refractivity contribution >= 4 is 28.5 Å². The first-order valence-corrected chi connectivity index (χ1v) is 9.20. The zero-order valence-electron chi connectivity index (χ0n) is 15.8. The summed E-state index contributed by atoms with van der Waals surface area (Å²) in [4.78, 5) is 24.0. The number of hydrogen-bond acceptors (Lipinski definition) is 4. The first-order chi connectivity index (χ1) is 14.0. The molecule has 1 aliphatic heterocycles. The number of hydrogen-bond donors (Lipinski definition) is 2. The number of aliphatic imine (C=N–C) groups is 1. The summed E-state index contributed by atoms with van der Waals surface area (Å²) in [5.41, 5.74) is 4.48. The second-order valence-electron chi connectivity index (χ2n) is 7.00. The number of H-pyrrole nitrogens is 1. The molecule has 0 saturated carbocycles. The highest BCUT2D eigenvalue weighted by Crippen LogP contribution is 2.36. The summed E-state index contributed by atoms with van der Waals surface area (Å²) < 4.78 is 19.8. The summed E-state index contributed by atoms with van der Waals surface area (Å²) in [7, 11) is 0. The van der Waals surface area contributed by atoms with Crippen LogP contribution < -0.4 is 5.32 Å². The lowest BCUT2D eigenvalue weighted by molar-refractivity contribution is 0.102. The molecular formula is C22H17FN4O2. The van der Waals surface area contributed by atoms with E-state index in [0.717, 1.165) is 27.6 Å². The molecule has 4 aromatic rings. The van der Waals surface area contributed by atoms with Crippen LogP contribution in [-0.4, -0.2) is 21.8 Å². The Kier molecular flexibility index (Phi) is 3.84. The number of nitrogens with zero attached hydrogens (tertiary/aromatic N) is 2. The van der Waals surface area contributed by atoms with Gasteiger partial charge in [0, 0.05) is 24.0 Å². The highest BCUT2D eigenvalue weighted by atomic mass is 19.1. The van der Waals surface area contributed by atoms with Crippen molar-refractivity contribution in [3.05, 3.63) is 71.1 Å². The minimum absolute atomic E-state index is 0.185. The van der Waals surface area contributed by atoms with E-state index in [2.05, 4.69) is 20.3 Å². The number of amides is 1. The molecule has 0 radical (unpaired) electrons. The van der Waals surface area contributed by atoms with Crippen molar-refractivity contribution in [1.82, 2.24) is 9.97 Å². The highest BCUT2D eigenvalue weighted by molar-refractivity contribution is 6.11. The standard InChI is InChI=1S/C22H17FN4O2/c1-11-20(26-12(2)29-11)22(28)27-18-9-13(8-14-10-25-21(23)19(14)18)15-4-3-5-17-16(15)6-7-24-17/h3-9,24H,10H2,1-2H3,(H,27,28). The lowest BCUT2D eigenvalue weighted by Crippen LogP contribution is -2.16. The van der Waals surface area contributed by atoms with Crippen LogP contribution in [0.25, 0.3) is 22.0 Å². The lowest BCUT2D eigenvalue weighted by atomic mass is 9.96. The fourth-order valence-electron chi connectivity index (χ4n) is 3.82. The second-order valence-corrected chi connectivity index (χ2v) is 7.00. The van der Waals surface area contributed by atoms with Gasteiger partial charge in [-0.1, -0.05) is 12.1 Å². The maximum absolute atomic E-state index is 14.4. The van der Waals surface area contributed by atoms with Crippen molar-refractivity contribution in [1.29, 1.82) is 0 Å². The van der Waals surface area contributed by atoms with Gasteiger partial charge >= 0.3 is 0 Å². The maximum Gasteiger partial charge on any atom is 0.277 e. The Bertz CT molecular complexity index is 1320. The minimum atomic E-state index is -0.574. The molecule has 2 aromatic heterocycles. The third-order valence-corrected chi connectivity index (χ3v) is 5.09. The van der Waals surface area contributed by atoms with Crippen LogP contribution in [0.3, 0.4) is 0 Å². The van der Waals surface area contributed by atoms with Gasteiger partial charge in [0.1, 0.15) is 5.76 Å². The fourth-order valence-corrected chi connectivity index (χ4v) is 3.82. The Balaban J connectivity index is 1.63. The van der Waals surface area contributed by atoms with Crippen LogP contribution in [0.1, 0.15) is 33.3 Å². The van der Waals surface area contributed by atoms with Crippen molar-refractivity contribution in [2.45, 2.75) is 20.4 Å². The first kappa shape index (κ1) is 17.4. The molecule has 144 valence electrons. The number of benzene rings is 2. The fraction of sp³-hybridized carbons (Fsp3) is 0.136. The molecule has 0 atom stereocenters. The van der Waals surface area contributed by atoms with E-state index in [1.807, 2.05) is 36.5 Å². The number of aromatic nitrogens is 2. The SMILES string of the molecule is Cc1nc(C(=O)Nc2cc(-c3cccc4[nH]ccc34)cc3c2C(F)=NC3)c(C)o1. The van der Waals surface area contributed by atoms with Crippen LogP contribution in [-0.2, 0) is 6.54 Å². The summed E-state index contributed by atoms with van der Waals surface area (Å²) in [6.07, 6.45) is 1.88. The Labute approximate surface area is 165 Å². The van der Waals surface area contributed by atoms with Gasteiger partial charge in [-0.2, -0.15) is 4.39 Å². The first-order valence-electron chi connectivity index (χ1n) is 9.20. The quantitative estimate of drug-likeness (QED) is 0.522. The van der Waals surface area contributed by atoms with Gasteiger partial charge in [0.05, 0.1) is 17.8 Å². The van der Waals surface area contributed by atoms with Crippen molar-refractivity contribution in [3.63, 3.8) is 0 Å². The van der Waals surface area contributed by atoms with Crippen LogP contribution >= 0.6 is 0 Å². The number of fused-ring (bicyclic) bond motifs is 2. The summed E-state index contributed by atoms with van der Waals surface area (Å²) in [6, 6.07) is 11.6. The molecule has 2 aromatic carbocycles. The van der Waals surface area contributed by atoms with Gasteiger partial charge in [0.15, 0.2) is 11.6 Å². The van der Waals surface area contributed by atoms with Gasteiger partial charge in [-0.15, -0.1) is 0 Å². The molecule has 0 aliphatic carbocycles. The van der Waals surface area contributed by atoms with Gasteiger partial charge in [-0.3, -0.25) is 9.79 Å². The maximum atomic E-state index is 14.4. The summed E-state index contributed by atoms with van der Waals surface area (Å²) >= 11 is 0. The molecule has 1 aliphatic rings. The third kappa shape index (κ3) is 2.82. The van der Waals surface area contributed by atoms with Gasteiger partial charge in [0.2, 0.25) is 5.97 Å². The van der Waals surface area contributed by atoms with E-state index in [0.29, 0.717) is 22.9 Å². The number of oxazole rings is 1. The summed E-state index contributed by atoms with van der Waals surface area (Å²) in [5, 5.41) is 3.85. The minimum Gasteiger partial charge on any atom is -0.445 e. The van der Waals surface area contributed by atoms with E-state index in [-0.39, 0.29) is 12.2 Å². The molecule has 0 bridgehead atoms. The number of aromatic amines is 1. The Morgan fingerprint density at radius 2 is 2.10 bits per heavy atom. The van der Waals surface area contributed by atoms with Crippen LogP contribution in [0.2, 0.25) is 0 Å². The van der Waals surface area contributed by atoms with E-state index in [9.17, 15) is 9.18 Å². The van der Waals surface area contributed by atoms with E-state index in [1.165, 1.54) is 0 Å². The number of aryl methyl sites for hydroxylation is 2. The highest BCUT2D eigenvalue weighted by Gasteiger charge is 2.25. The molecule has 0 spiro atoms. The molecular weight excluding hydrogens is 371 g/mol.